The lowest BCUT2D eigenvalue weighted by atomic mass is 10.3. The molecule has 8 heteroatoms. The van der Waals surface area contributed by atoms with Gasteiger partial charge in [-0.25, -0.2) is 5.84 Å². The Bertz CT molecular complexity index is 593. The van der Waals surface area contributed by atoms with Gasteiger partial charge in [-0.2, -0.15) is 15.0 Å². The first-order valence-corrected chi connectivity index (χ1v) is 6.51. The molecule has 1 heterocycles. The normalized spacial score (nSPS) is 10.0. The van der Waals surface area contributed by atoms with Crippen molar-refractivity contribution in [3.8, 4) is 11.8 Å². The number of nitrogens with zero attached hydrogens (tertiary/aromatic N) is 3. The molecule has 2 aromatic rings. The summed E-state index contributed by atoms with van der Waals surface area (Å²) in [4.78, 5) is 12.3. The number of hydrogen-bond donors (Lipinski definition) is 3. The molecule has 0 atom stereocenters. The first kappa shape index (κ1) is 14.8. The Morgan fingerprint density at radius 2 is 2.00 bits per heavy atom. The Kier molecular flexibility index (Phi) is 5.10. The number of ether oxygens (including phenoxy) is 2. The number of hydrogen-bond acceptors (Lipinski definition) is 8. The fourth-order valence-corrected chi connectivity index (χ4v) is 1.56. The zero-order valence-electron chi connectivity index (χ0n) is 12.0. The van der Waals surface area contributed by atoms with Crippen molar-refractivity contribution in [1.29, 1.82) is 0 Å². The van der Waals surface area contributed by atoms with Gasteiger partial charge in [0, 0.05) is 11.8 Å². The van der Waals surface area contributed by atoms with E-state index in [4.69, 9.17) is 15.3 Å². The quantitative estimate of drug-likeness (QED) is 0.522. The molecule has 0 aliphatic carbocycles. The zero-order valence-corrected chi connectivity index (χ0v) is 12.0. The van der Waals surface area contributed by atoms with Crippen LogP contribution in [-0.4, -0.2) is 28.7 Å². The Hall–Kier alpha value is -2.61. The number of nitrogens with two attached hydrogens (primary N) is 1. The van der Waals surface area contributed by atoms with Gasteiger partial charge in [0.15, 0.2) is 0 Å². The van der Waals surface area contributed by atoms with Crippen LogP contribution in [0.4, 0.5) is 17.6 Å². The molecule has 0 radical (unpaired) electrons. The summed E-state index contributed by atoms with van der Waals surface area (Å²) in [6, 6.07) is 7.62. The number of aromatic nitrogens is 3. The van der Waals surface area contributed by atoms with Crippen LogP contribution in [-0.2, 0) is 0 Å². The molecule has 4 N–H and O–H groups in total. The van der Waals surface area contributed by atoms with Gasteiger partial charge in [-0.3, -0.25) is 5.43 Å². The van der Waals surface area contributed by atoms with Crippen LogP contribution >= 0.6 is 0 Å². The summed E-state index contributed by atoms with van der Waals surface area (Å²) in [5.41, 5.74) is 3.17. The lowest BCUT2D eigenvalue weighted by molar-refractivity contribution is 0.292. The summed E-state index contributed by atoms with van der Waals surface area (Å²) in [7, 11) is 1.61. The van der Waals surface area contributed by atoms with Crippen LogP contribution in [0.5, 0.6) is 11.8 Å². The fourth-order valence-electron chi connectivity index (χ4n) is 1.56. The van der Waals surface area contributed by atoms with Crippen LogP contribution in [0.3, 0.4) is 0 Å². The number of rotatable bonds is 7. The zero-order chi connectivity index (χ0) is 15.1. The molecule has 2 rings (SSSR count). The van der Waals surface area contributed by atoms with Gasteiger partial charge in [0.05, 0.1) is 13.7 Å². The fraction of sp³-hybridized carbons (Fsp3) is 0.308. The minimum absolute atomic E-state index is 0.213. The standard InChI is InChI=1S/C13H18N6O2/c1-3-7-21-13-17-11(16-12(18-13)19-14)15-9-5-4-6-10(8-9)20-2/h4-6,8H,3,7,14H2,1-2H3,(H2,15,16,17,18,19). The summed E-state index contributed by atoms with van der Waals surface area (Å²) in [5, 5.41) is 3.05. The van der Waals surface area contributed by atoms with Gasteiger partial charge in [0.25, 0.3) is 0 Å². The van der Waals surface area contributed by atoms with Crippen molar-refractivity contribution in [1.82, 2.24) is 15.0 Å². The van der Waals surface area contributed by atoms with Crippen LogP contribution in [0.25, 0.3) is 0 Å². The summed E-state index contributed by atoms with van der Waals surface area (Å²) in [6.45, 7) is 2.52. The highest BCUT2D eigenvalue weighted by atomic mass is 16.5. The van der Waals surface area contributed by atoms with E-state index < -0.39 is 0 Å². The molecule has 0 fully saturated rings. The molecule has 8 nitrogen and oxygen atoms in total. The van der Waals surface area contributed by atoms with E-state index in [0.29, 0.717) is 12.6 Å². The van der Waals surface area contributed by atoms with E-state index in [0.717, 1.165) is 17.9 Å². The van der Waals surface area contributed by atoms with Crippen LogP contribution in [0.15, 0.2) is 24.3 Å². The van der Waals surface area contributed by atoms with Gasteiger partial charge in [-0.1, -0.05) is 13.0 Å². The third-order valence-corrected chi connectivity index (χ3v) is 2.51. The third-order valence-electron chi connectivity index (χ3n) is 2.51. The number of methoxy groups -OCH3 is 1. The molecule has 0 aliphatic heterocycles. The van der Waals surface area contributed by atoms with Gasteiger partial charge in [-0.15, -0.1) is 0 Å². The highest BCUT2D eigenvalue weighted by Crippen LogP contribution is 2.20. The van der Waals surface area contributed by atoms with Gasteiger partial charge in [0.1, 0.15) is 5.75 Å². The van der Waals surface area contributed by atoms with Gasteiger partial charge in [-0.05, 0) is 18.6 Å². The van der Waals surface area contributed by atoms with Crippen molar-refractivity contribution >= 4 is 17.6 Å². The van der Waals surface area contributed by atoms with Crippen LogP contribution in [0.1, 0.15) is 13.3 Å². The summed E-state index contributed by atoms with van der Waals surface area (Å²) in [5.74, 6) is 6.63. The highest BCUT2D eigenvalue weighted by molar-refractivity contribution is 5.56. The molecule has 0 saturated heterocycles. The molecule has 0 aliphatic rings. The van der Waals surface area contributed by atoms with Crippen molar-refractivity contribution in [2.24, 2.45) is 5.84 Å². The molecule has 112 valence electrons. The Morgan fingerprint density at radius 3 is 2.71 bits per heavy atom. The minimum atomic E-state index is 0.213. The smallest absolute Gasteiger partial charge is 0.323 e. The van der Waals surface area contributed by atoms with Crippen LogP contribution in [0.2, 0.25) is 0 Å². The Balaban J connectivity index is 2.21. The maximum absolute atomic E-state index is 5.40. The topological polar surface area (TPSA) is 107 Å². The van der Waals surface area contributed by atoms with E-state index in [-0.39, 0.29) is 12.0 Å². The first-order valence-electron chi connectivity index (χ1n) is 6.51. The van der Waals surface area contributed by atoms with E-state index in [1.54, 1.807) is 7.11 Å². The number of benzene rings is 1. The van der Waals surface area contributed by atoms with E-state index in [1.807, 2.05) is 31.2 Å². The van der Waals surface area contributed by atoms with Crippen molar-refractivity contribution in [2.75, 3.05) is 24.5 Å². The predicted octanol–water partition coefficient (Wildman–Crippen LogP) is 1.70. The lowest BCUT2D eigenvalue weighted by Gasteiger charge is -2.09. The molecular weight excluding hydrogens is 272 g/mol. The highest BCUT2D eigenvalue weighted by Gasteiger charge is 2.07. The maximum Gasteiger partial charge on any atom is 0.323 e. The van der Waals surface area contributed by atoms with Gasteiger partial charge in [0.2, 0.25) is 11.9 Å². The second kappa shape index (κ2) is 7.25. The maximum atomic E-state index is 5.40. The minimum Gasteiger partial charge on any atom is -0.497 e. The van der Waals surface area contributed by atoms with Crippen LogP contribution < -0.4 is 26.1 Å². The molecule has 1 aromatic carbocycles. The van der Waals surface area contributed by atoms with E-state index in [2.05, 4.69) is 25.7 Å². The average Bonchev–Trinajstić information content (AvgIpc) is 2.52. The lowest BCUT2D eigenvalue weighted by Crippen LogP contribution is -2.13. The second-order valence-electron chi connectivity index (χ2n) is 4.11. The predicted molar refractivity (Wildman–Crippen MR) is 79.7 cm³/mol. The largest absolute Gasteiger partial charge is 0.497 e. The van der Waals surface area contributed by atoms with Gasteiger partial charge < -0.3 is 14.8 Å². The van der Waals surface area contributed by atoms with Crippen molar-refractivity contribution < 1.29 is 9.47 Å². The molecule has 0 spiro atoms. The monoisotopic (exact) mass is 290 g/mol. The molecule has 0 unspecified atom stereocenters. The molecule has 0 saturated carbocycles. The first-order chi connectivity index (χ1) is 10.2. The molecule has 0 amide bonds. The van der Waals surface area contributed by atoms with Crippen molar-refractivity contribution in [2.45, 2.75) is 13.3 Å². The molecule has 0 bridgehead atoms. The summed E-state index contributed by atoms with van der Waals surface area (Å²) in [6.07, 6.45) is 0.857. The Morgan fingerprint density at radius 1 is 1.19 bits per heavy atom. The van der Waals surface area contributed by atoms with E-state index in [9.17, 15) is 0 Å². The molecular formula is C13H18N6O2. The number of nitrogen functional groups attached to an aromatic ring is 1. The molecule has 21 heavy (non-hydrogen) atoms. The summed E-state index contributed by atoms with van der Waals surface area (Å²) < 4.78 is 10.6. The Labute approximate surface area is 122 Å². The number of hydrazine groups is 1. The third kappa shape index (κ3) is 4.18. The molecule has 1 aromatic heterocycles. The van der Waals surface area contributed by atoms with Gasteiger partial charge >= 0.3 is 6.01 Å². The van der Waals surface area contributed by atoms with Crippen LogP contribution in [0, 0.1) is 0 Å². The van der Waals surface area contributed by atoms with E-state index in [1.165, 1.54) is 0 Å². The van der Waals surface area contributed by atoms with Crippen molar-refractivity contribution in [3.05, 3.63) is 24.3 Å². The number of nitrogens with one attached hydrogen (secondary N) is 2. The number of anilines is 3. The van der Waals surface area contributed by atoms with Crippen molar-refractivity contribution in [3.63, 3.8) is 0 Å². The average molecular weight is 290 g/mol. The summed E-state index contributed by atoms with van der Waals surface area (Å²) >= 11 is 0. The van der Waals surface area contributed by atoms with E-state index >= 15 is 0 Å². The SMILES string of the molecule is CCCOc1nc(NN)nc(Nc2cccc(OC)c2)n1. The second-order valence-corrected chi connectivity index (χ2v) is 4.11.